The van der Waals surface area contributed by atoms with E-state index in [2.05, 4.69) is 5.32 Å². The van der Waals surface area contributed by atoms with Gasteiger partial charge in [-0.3, -0.25) is 0 Å². The number of anilines is 1. The molecule has 0 spiro atoms. The number of benzene rings is 1. The molecule has 2 nitrogen and oxygen atoms in total. The van der Waals surface area contributed by atoms with Gasteiger partial charge >= 0.3 is 0 Å². The average Bonchev–Trinajstić information content (AvgIpc) is 2.26. The van der Waals surface area contributed by atoms with Crippen molar-refractivity contribution in [2.75, 3.05) is 12.4 Å². The Balaban J connectivity index is 2.61. The summed E-state index contributed by atoms with van der Waals surface area (Å²) in [6.45, 7) is 3.84. The SMILES string of the molecule is CNc1ccccc1C[B]C(=O)C(C)C. The first-order valence-corrected chi connectivity index (χ1v) is 5.28. The van der Waals surface area contributed by atoms with E-state index in [0.717, 1.165) is 11.3 Å². The van der Waals surface area contributed by atoms with Crippen LogP contribution in [-0.2, 0) is 11.1 Å². The van der Waals surface area contributed by atoms with Crippen LogP contribution in [0.15, 0.2) is 24.3 Å². The Morgan fingerprint density at radius 3 is 2.67 bits per heavy atom. The third-order valence-corrected chi connectivity index (χ3v) is 2.38. The molecule has 1 aromatic rings. The van der Waals surface area contributed by atoms with Crippen LogP contribution >= 0.6 is 0 Å². The van der Waals surface area contributed by atoms with Crippen molar-refractivity contribution in [3.63, 3.8) is 0 Å². The summed E-state index contributed by atoms with van der Waals surface area (Å²) in [5.74, 6) is 0.0896. The molecule has 79 valence electrons. The van der Waals surface area contributed by atoms with Crippen LogP contribution in [0.3, 0.4) is 0 Å². The first-order valence-electron chi connectivity index (χ1n) is 5.28. The van der Waals surface area contributed by atoms with Gasteiger partial charge in [-0.1, -0.05) is 32.0 Å². The van der Waals surface area contributed by atoms with Crippen LogP contribution in [0.2, 0.25) is 0 Å². The Labute approximate surface area is 92.3 Å². The Hall–Kier alpha value is -1.25. The van der Waals surface area contributed by atoms with Gasteiger partial charge in [-0.2, -0.15) is 0 Å². The highest BCUT2D eigenvalue weighted by atomic mass is 16.1. The maximum absolute atomic E-state index is 11.4. The van der Waals surface area contributed by atoms with E-state index in [1.165, 1.54) is 0 Å². The van der Waals surface area contributed by atoms with E-state index in [1.54, 1.807) is 7.28 Å². The van der Waals surface area contributed by atoms with Gasteiger partial charge in [0.25, 0.3) is 0 Å². The second-order valence-corrected chi connectivity index (χ2v) is 3.87. The molecule has 0 amide bonds. The Morgan fingerprint density at radius 1 is 1.40 bits per heavy atom. The van der Waals surface area contributed by atoms with Crippen LogP contribution in [0, 0.1) is 5.92 Å². The first-order chi connectivity index (χ1) is 7.15. The molecular weight excluding hydrogens is 185 g/mol. The van der Waals surface area contributed by atoms with E-state index < -0.39 is 0 Å². The Morgan fingerprint density at radius 2 is 2.07 bits per heavy atom. The van der Waals surface area contributed by atoms with Gasteiger partial charge in [0, 0.05) is 18.7 Å². The molecule has 15 heavy (non-hydrogen) atoms. The lowest BCUT2D eigenvalue weighted by atomic mass is 9.64. The predicted octanol–water partition coefficient (Wildman–Crippen LogP) is 2.12. The zero-order chi connectivity index (χ0) is 11.3. The molecule has 0 unspecified atom stereocenters. The lowest BCUT2D eigenvalue weighted by Crippen LogP contribution is -2.18. The van der Waals surface area contributed by atoms with Crippen molar-refractivity contribution in [1.82, 2.24) is 0 Å². The Bertz CT molecular complexity index is 336. The minimum Gasteiger partial charge on any atom is -0.388 e. The number of carbonyl (C=O) groups is 1. The molecule has 0 atom stereocenters. The lowest BCUT2D eigenvalue weighted by molar-refractivity contribution is -0.114. The molecule has 0 aliphatic heterocycles. The summed E-state index contributed by atoms with van der Waals surface area (Å²) >= 11 is 0. The molecule has 1 rings (SSSR count). The molecule has 0 aromatic heterocycles. The van der Waals surface area contributed by atoms with Crippen LogP contribution < -0.4 is 5.32 Å². The molecule has 0 saturated carbocycles. The molecule has 0 saturated heterocycles. The third-order valence-electron chi connectivity index (χ3n) is 2.38. The quantitative estimate of drug-likeness (QED) is 0.741. The predicted molar refractivity (Wildman–Crippen MR) is 65.3 cm³/mol. The van der Waals surface area contributed by atoms with E-state index in [9.17, 15) is 4.79 Å². The fourth-order valence-electron chi connectivity index (χ4n) is 1.39. The van der Waals surface area contributed by atoms with Gasteiger partial charge in [-0.15, -0.1) is 0 Å². The normalized spacial score (nSPS) is 10.1. The van der Waals surface area contributed by atoms with Crippen molar-refractivity contribution in [2.24, 2.45) is 5.92 Å². The van der Waals surface area contributed by atoms with Crippen molar-refractivity contribution in [3.05, 3.63) is 29.8 Å². The van der Waals surface area contributed by atoms with Crippen LogP contribution in [-0.4, -0.2) is 20.0 Å². The highest BCUT2D eigenvalue weighted by molar-refractivity contribution is 6.73. The fourth-order valence-corrected chi connectivity index (χ4v) is 1.39. The Kier molecular flexibility index (Phi) is 4.41. The summed E-state index contributed by atoms with van der Waals surface area (Å²) in [5.41, 5.74) is 2.46. The van der Waals surface area contributed by atoms with Crippen molar-refractivity contribution in [1.29, 1.82) is 0 Å². The molecule has 3 heteroatoms. The summed E-state index contributed by atoms with van der Waals surface area (Å²) in [5, 5.41) is 3.12. The van der Waals surface area contributed by atoms with Crippen molar-refractivity contribution >= 4 is 18.6 Å². The van der Waals surface area contributed by atoms with E-state index >= 15 is 0 Å². The average molecular weight is 202 g/mol. The van der Waals surface area contributed by atoms with E-state index in [4.69, 9.17) is 0 Å². The molecule has 0 bridgehead atoms. The monoisotopic (exact) mass is 202 g/mol. The molecule has 0 aliphatic carbocycles. The van der Waals surface area contributed by atoms with E-state index in [1.807, 2.05) is 45.2 Å². The number of hydrogen-bond donors (Lipinski definition) is 1. The summed E-state index contributed by atoms with van der Waals surface area (Å²) in [7, 11) is 3.66. The van der Waals surface area contributed by atoms with Gasteiger partial charge < -0.3 is 10.1 Å². The number of carbonyl (C=O) groups excluding carboxylic acids is 1. The number of para-hydroxylation sites is 1. The molecule has 0 fully saturated rings. The number of hydrogen-bond acceptors (Lipinski definition) is 2. The highest BCUT2D eigenvalue weighted by Gasteiger charge is 2.10. The van der Waals surface area contributed by atoms with Crippen molar-refractivity contribution in [2.45, 2.75) is 20.2 Å². The third kappa shape index (κ3) is 3.42. The van der Waals surface area contributed by atoms with Gasteiger partial charge in [-0.25, -0.2) is 0 Å². The topological polar surface area (TPSA) is 29.1 Å². The summed E-state index contributed by atoms with van der Waals surface area (Å²) in [6, 6.07) is 8.03. The van der Waals surface area contributed by atoms with Crippen LogP contribution in [0.25, 0.3) is 0 Å². The number of rotatable bonds is 5. The first kappa shape index (κ1) is 11.8. The molecule has 1 aromatic carbocycles. The maximum atomic E-state index is 11.4. The van der Waals surface area contributed by atoms with Gasteiger partial charge in [0.15, 0.2) is 0 Å². The zero-order valence-electron chi connectivity index (χ0n) is 9.58. The van der Waals surface area contributed by atoms with Gasteiger partial charge in [0.05, 0.1) is 5.68 Å². The van der Waals surface area contributed by atoms with Crippen molar-refractivity contribution < 1.29 is 4.79 Å². The zero-order valence-corrected chi connectivity index (χ0v) is 9.58. The van der Waals surface area contributed by atoms with Gasteiger partial charge in [0.2, 0.25) is 7.28 Å². The van der Waals surface area contributed by atoms with Crippen LogP contribution in [0.4, 0.5) is 5.69 Å². The molecule has 0 aliphatic rings. The van der Waals surface area contributed by atoms with Gasteiger partial charge in [0.1, 0.15) is 0 Å². The number of nitrogens with one attached hydrogen (secondary N) is 1. The minimum absolute atomic E-state index is 0.0896. The molecule has 1 N–H and O–H groups in total. The highest BCUT2D eigenvalue weighted by Crippen LogP contribution is 2.14. The maximum Gasteiger partial charge on any atom is 0.207 e. The summed E-state index contributed by atoms with van der Waals surface area (Å²) < 4.78 is 0. The largest absolute Gasteiger partial charge is 0.388 e. The van der Waals surface area contributed by atoms with E-state index in [-0.39, 0.29) is 11.6 Å². The summed E-state index contributed by atoms with van der Waals surface area (Å²) in [6.07, 6.45) is 0.702. The second-order valence-electron chi connectivity index (χ2n) is 3.87. The molecule has 0 heterocycles. The second kappa shape index (κ2) is 5.59. The standard InChI is InChI=1S/C12H17BNO/c1-9(2)12(15)13-8-10-6-4-5-7-11(10)14-3/h4-7,9,14H,8H2,1-3H3. The van der Waals surface area contributed by atoms with E-state index in [0.29, 0.717) is 6.32 Å². The summed E-state index contributed by atoms with van der Waals surface area (Å²) in [4.78, 5) is 11.4. The molecular formula is C12H17BNO. The fraction of sp³-hybridized carbons (Fsp3) is 0.417. The van der Waals surface area contributed by atoms with Crippen molar-refractivity contribution in [3.8, 4) is 0 Å². The lowest BCUT2D eigenvalue weighted by Gasteiger charge is -2.08. The smallest absolute Gasteiger partial charge is 0.207 e. The van der Waals surface area contributed by atoms with Gasteiger partial charge in [-0.05, 0) is 17.9 Å². The van der Waals surface area contributed by atoms with Crippen LogP contribution in [0.5, 0.6) is 0 Å². The minimum atomic E-state index is 0.0896. The van der Waals surface area contributed by atoms with Crippen LogP contribution in [0.1, 0.15) is 19.4 Å². The molecule has 1 radical (unpaired) electrons.